The van der Waals surface area contributed by atoms with Gasteiger partial charge in [0.15, 0.2) is 11.5 Å². The Labute approximate surface area is 226 Å². The predicted molar refractivity (Wildman–Crippen MR) is 148 cm³/mol. The molecule has 13 heteroatoms. The van der Waals surface area contributed by atoms with Crippen LogP contribution in [0.25, 0.3) is 5.65 Å². The number of anilines is 2. The smallest absolute Gasteiger partial charge is 0.264 e. The van der Waals surface area contributed by atoms with Gasteiger partial charge in [0, 0.05) is 42.9 Å². The van der Waals surface area contributed by atoms with E-state index in [1.165, 1.54) is 25.2 Å². The number of aliphatic hydroxyl groups is 1. The molecule has 2 heterocycles. The topological polar surface area (TPSA) is 168 Å². The molecule has 5 N–H and O–H groups in total. The quantitative estimate of drug-likeness (QED) is 0.216. The second-order valence-corrected chi connectivity index (χ2v) is 12.0. The van der Waals surface area contributed by atoms with E-state index < -0.39 is 15.9 Å². The standard InChI is InChI=1S/C26H33N7O5S/c1-26(2,3)22-16-24-30-29-23(33(24)31-22)10-11-28-25(35)20-15-19(8-9-21(20)38-13-12-34)39(36,37)32(4)18-7-5-6-17(27)14-18/h5-9,14-16,31,34H,10-13,27H2,1-4H3,(H,28,35). The third-order valence-electron chi connectivity index (χ3n) is 6.14. The summed E-state index contributed by atoms with van der Waals surface area (Å²) in [7, 11) is -2.62. The van der Waals surface area contributed by atoms with E-state index in [0.29, 0.717) is 29.3 Å². The number of nitrogens with two attached hydrogens (primary N) is 1. The maximum absolute atomic E-state index is 13.4. The first-order valence-corrected chi connectivity index (χ1v) is 13.8. The predicted octanol–water partition coefficient (Wildman–Crippen LogP) is 2.11. The minimum atomic E-state index is -4.03. The molecule has 0 unspecified atom stereocenters. The summed E-state index contributed by atoms with van der Waals surface area (Å²) >= 11 is 0. The first-order chi connectivity index (χ1) is 18.4. The van der Waals surface area contributed by atoms with Crippen LogP contribution in [0.4, 0.5) is 11.4 Å². The van der Waals surface area contributed by atoms with Crippen molar-refractivity contribution in [2.24, 2.45) is 0 Å². The Morgan fingerprint density at radius 3 is 2.64 bits per heavy atom. The lowest BCUT2D eigenvalue weighted by Crippen LogP contribution is -2.29. The van der Waals surface area contributed by atoms with Crippen LogP contribution in [0.3, 0.4) is 0 Å². The SMILES string of the molecule is CN(c1cccc(N)c1)S(=O)(=O)c1ccc(OCCO)c(C(=O)NCCc2nnc3cc(C(C)(C)C)[nH]n23)c1. The Kier molecular flexibility index (Phi) is 7.84. The van der Waals surface area contributed by atoms with Gasteiger partial charge in [-0.15, -0.1) is 10.2 Å². The number of hydrogen-bond acceptors (Lipinski definition) is 8. The van der Waals surface area contributed by atoms with Gasteiger partial charge in [-0.25, -0.2) is 12.9 Å². The van der Waals surface area contributed by atoms with Crippen LogP contribution < -0.4 is 20.1 Å². The average molecular weight is 556 g/mol. The van der Waals surface area contributed by atoms with E-state index >= 15 is 0 Å². The van der Waals surface area contributed by atoms with E-state index in [4.69, 9.17) is 10.5 Å². The first-order valence-electron chi connectivity index (χ1n) is 12.4. The van der Waals surface area contributed by atoms with Crippen molar-refractivity contribution in [3.05, 3.63) is 65.6 Å². The van der Waals surface area contributed by atoms with Crippen LogP contribution in [-0.2, 0) is 21.9 Å². The van der Waals surface area contributed by atoms with Crippen LogP contribution in [0, 0.1) is 0 Å². The number of aromatic amines is 1. The molecule has 0 bridgehead atoms. The van der Waals surface area contributed by atoms with Gasteiger partial charge >= 0.3 is 0 Å². The Morgan fingerprint density at radius 1 is 1.18 bits per heavy atom. The van der Waals surface area contributed by atoms with Crippen molar-refractivity contribution in [1.82, 2.24) is 25.1 Å². The number of nitrogens with zero attached hydrogens (tertiary/aromatic N) is 4. The van der Waals surface area contributed by atoms with Gasteiger partial charge in [0.1, 0.15) is 12.4 Å². The minimum absolute atomic E-state index is 0.0202. The number of aromatic nitrogens is 4. The zero-order chi connectivity index (χ0) is 28.4. The van der Waals surface area contributed by atoms with E-state index in [2.05, 4.69) is 41.4 Å². The number of carbonyl (C=O) groups excluding carboxylic acids is 1. The Balaban J connectivity index is 1.55. The number of nitrogen functional groups attached to an aromatic ring is 1. The van der Waals surface area contributed by atoms with Crippen molar-refractivity contribution in [2.75, 3.05) is 36.8 Å². The number of ether oxygens (including phenoxy) is 1. The zero-order valence-electron chi connectivity index (χ0n) is 22.3. The van der Waals surface area contributed by atoms with E-state index in [9.17, 15) is 18.3 Å². The normalized spacial score (nSPS) is 12.0. The summed E-state index contributed by atoms with van der Waals surface area (Å²) in [5, 5.41) is 23.7. The van der Waals surface area contributed by atoms with E-state index in [1.807, 2.05) is 6.07 Å². The number of fused-ring (bicyclic) bond motifs is 1. The summed E-state index contributed by atoms with van der Waals surface area (Å²) in [5.74, 6) is 0.253. The van der Waals surface area contributed by atoms with Crippen LogP contribution in [0.5, 0.6) is 5.75 Å². The molecule has 0 aliphatic rings. The average Bonchev–Trinajstić information content (AvgIpc) is 3.49. The molecule has 0 radical (unpaired) electrons. The number of nitrogens with one attached hydrogen (secondary N) is 2. The molecule has 0 spiro atoms. The number of H-pyrrole nitrogens is 1. The van der Waals surface area contributed by atoms with Crippen LogP contribution in [-0.4, -0.2) is 66.0 Å². The highest BCUT2D eigenvalue weighted by Crippen LogP contribution is 2.28. The van der Waals surface area contributed by atoms with Crippen molar-refractivity contribution in [2.45, 2.75) is 37.5 Å². The molecule has 0 aliphatic carbocycles. The largest absolute Gasteiger partial charge is 0.490 e. The summed E-state index contributed by atoms with van der Waals surface area (Å²) in [6.45, 7) is 6.14. The number of sulfonamides is 1. The highest BCUT2D eigenvalue weighted by atomic mass is 32.2. The lowest BCUT2D eigenvalue weighted by Gasteiger charge is -2.21. The highest BCUT2D eigenvalue weighted by Gasteiger charge is 2.25. The van der Waals surface area contributed by atoms with Gasteiger partial charge in [0.05, 0.1) is 22.8 Å². The first kappa shape index (κ1) is 27.9. The second kappa shape index (κ2) is 10.9. The van der Waals surface area contributed by atoms with Gasteiger partial charge in [-0.3, -0.25) is 14.2 Å². The third-order valence-corrected chi connectivity index (χ3v) is 7.92. The molecule has 39 heavy (non-hydrogen) atoms. The molecule has 0 saturated carbocycles. The monoisotopic (exact) mass is 555 g/mol. The van der Waals surface area contributed by atoms with Crippen molar-refractivity contribution in [3.8, 4) is 5.75 Å². The lowest BCUT2D eigenvalue weighted by atomic mass is 9.93. The summed E-state index contributed by atoms with van der Waals surface area (Å²) in [6, 6.07) is 12.4. The van der Waals surface area contributed by atoms with E-state index in [1.54, 1.807) is 28.8 Å². The molecule has 2 aromatic heterocycles. The van der Waals surface area contributed by atoms with Crippen molar-refractivity contribution in [3.63, 3.8) is 0 Å². The summed E-state index contributed by atoms with van der Waals surface area (Å²) in [4.78, 5) is 13.1. The Hall–Kier alpha value is -4.10. The fourth-order valence-corrected chi connectivity index (χ4v) is 5.12. The molecule has 0 saturated heterocycles. The van der Waals surface area contributed by atoms with Crippen molar-refractivity contribution < 1.29 is 23.1 Å². The highest BCUT2D eigenvalue weighted by molar-refractivity contribution is 7.92. The van der Waals surface area contributed by atoms with Crippen LogP contribution in [0.15, 0.2) is 53.4 Å². The maximum Gasteiger partial charge on any atom is 0.264 e. The number of amides is 1. The molecule has 208 valence electrons. The number of aliphatic hydroxyl groups excluding tert-OH is 1. The molecule has 2 aromatic carbocycles. The molecular weight excluding hydrogens is 522 g/mol. The summed E-state index contributed by atoms with van der Waals surface area (Å²) < 4.78 is 35.1. The van der Waals surface area contributed by atoms with Crippen LogP contribution in [0.1, 0.15) is 42.6 Å². The molecular formula is C26H33N7O5S. The molecule has 0 aliphatic heterocycles. The lowest BCUT2D eigenvalue weighted by molar-refractivity contribution is 0.0948. The van der Waals surface area contributed by atoms with Gasteiger partial charge in [-0.1, -0.05) is 26.8 Å². The van der Waals surface area contributed by atoms with Gasteiger partial charge < -0.3 is 20.9 Å². The molecule has 4 rings (SSSR count). The van der Waals surface area contributed by atoms with E-state index in [-0.39, 0.29) is 41.4 Å². The molecule has 0 fully saturated rings. The summed E-state index contributed by atoms with van der Waals surface area (Å²) in [5.41, 5.74) is 8.23. The number of benzene rings is 2. The number of hydrogen-bond donors (Lipinski definition) is 4. The zero-order valence-corrected chi connectivity index (χ0v) is 23.1. The van der Waals surface area contributed by atoms with Crippen LogP contribution in [0.2, 0.25) is 0 Å². The number of carbonyl (C=O) groups is 1. The third kappa shape index (κ3) is 5.99. The van der Waals surface area contributed by atoms with Crippen LogP contribution >= 0.6 is 0 Å². The van der Waals surface area contributed by atoms with E-state index in [0.717, 1.165) is 10.00 Å². The molecule has 12 nitrogen and oxygen atoms in total. The summed E-state index contributed by atoms with van der Waals surface area (Å²) in [6.07, 6.45) is 0.375. The maximum atomic E-state index is 13.4. The Bertz CT molecular complexity index is 1590. The van der Waals surface area contributed by atoms with Gasteiger partial charge in [-0.2, -0.15) is 0 Å². The fraction of sp³-hybridized carbons (Fsp3) is 0.346. The minimum Gasteiger partial charge on any atom is -0.490 e. The molecule has 0 atom stereocenters. The number of rotatable bonds is 10. The van der Waals surface area contributed by atoms with Crippen molar-refractivity contribution >= 4 is 33.0 Å². The van der Waals surface area contributed by atoms with Gasteiger partial charge in [-0.05, 0) is 36.4 Å². The fourth-order valence-electron chi connectivity index (χ4n) is 3.90. The van der Waals surface area contributed by atoms with Gasteiger partial charge in [0.2, 0.25) is 0 Å². The Morgan fingerprint density at radius 2 is 1.95 bits per heavy atom. The second-order valence-electron chi connectivity index (χ2n) is 10.0. The van der Waals surface area contributed by atoms with Crippen molar-refractivity contribution in [1.29, 1.82) is 0 Å². The molecule has 4 aromatic rings. The molecule has 1 amide bonds. The van der Waals surface area contributed by atoms with Gasteiger partial charge in [0.25, 0.3) is 15.9 Å².